The fourth-order valence-corrected chi connectivity index (χ4v) is 4.29. The van der Waals surface area contributed by atoms with Crippen molar-refractivity contribution >= 4 is 28.4 Å². The van der Waals surface area contributed by atoms with E-state index in [9.17, 15) is 9.18 Å². The van der Waals surface area contributed by atoms with E-state index in [-0.39, 0.29) is 16.6 Å². The highest BCUT2D eigenvalue weighted by molar-refractivity contribution is 7.99. The van der Waals surface area contributed by atoms with Crippen molar-refractivity contribution in [3.8, 4) is 0 Å². The Bertz CT molecular complexity index is 1200. The molecule has 1 unspecified atom stereocenters. The molecule has 2 aromatic heterocycles. The van der Waals surface area contributed by atoms with Gasteiger partial charge in [-0.3, -0.25) is 13.8 Å². The molecule has 0 amide bonds. The first-order chi connectivity index (χ1) is 13.6. The molecular formula is C21H21FN4OS. The zero-order valence-corrected chi connectivity index (χ0v) is 16.6. The minimum atomic E-state index is -0.255. The molecule has 7 heteroatoms. The van der Waals surface area contributed by atoms with Gasteiger partial charge in [-0.1, -0.05) is 49.4 Å². The maximum atomic E-state index is 13.6. The Balaban J connectivity index is 1.86. The van der Waals surface area contributed by atoms with Crippen molar-refractivity contribution in [2.24, 2.45) is 0 Å². The quantitative estimate of drug-likeness (QED) is 0.438. The Labute approximate surface area is 166 Å². The molecule has 0 saturated carbocycles. The number of fused-ring (bicyclic) bond motifs is 3. The number of aromatic nitrogens is 4. The first kappa shape index (κ1) is 18.7. The van der Waals surface area contributed by atoms with E-state index < -0.39 is 0 Å². The molecule has 0 bridgehead atoms. The minimum absolute atomic E-state index is 0.0158. The Morgan fingerprint density at radius 2 is 1.96 bits per heavy atom. The smallest absolute Gasteiger partial charge is 0.262 e. The van der Waals surface area contributed by atoms with Crippen molar-refractivity contribution in [3.63, 3.8) is 0 Å². The van der Waals surface area contributed by atoms with Gasteiger partial charge in [0.1, 0.15) is 5.82 Å². The molecular weight excluding hydrogens is 375 g/mol. The first-order valence-corrected chi connectivity index (χ1v) is 10.3. The Morgan fingerprint density at radius 1 is 1.14 bits per heavy atom. The van der Waals surface area contributed by atoms with Gasteiger partial charge < -0.3 is 0 Å². The molecule has 28 heavy (non-hydrogen) atoms. The highest BCUT2D eigenvalue weighted by Crippen LogP contribution is 2.34. The van der Waals surface area contributed by atoms with Crippen LogP contribution in [0.15, 0.2) is 58.5 Å². The lowest BCUT2D eigenvalue weighted by Gasteiger charge is -2.13. The van der Waals surface area contributed by atoms with Gasteiger partial charge in [-0.25, -0.2) is 4.39 Å². The topological polar surface area (TPSA) is 52.2 Å². The van der Waals surface area contributed by atoms with E-state index in [0.29, 0.717) is 22.9 Å². The van der Waals surface area contributed by atoms with Crippen LogP contribution in [0.1, 0.15) is 37.5 Å². The van der Waals surface area contributed by atoms with Crippen LogP contribution in [0.3, 0.4) is 0 Å². The van der Waals surface area contributed by atoms with Crippen LogP contribution in [0.5, 0.6) is 0 Å². The van der Waals surface area contributed by atoms with Gasteiger partial charge in [0.25, 0.3) is 5.56 Å². The molecule has 0 N–H and O–H groups in total. The number of thioether (sulfide) groups is 1. The molecule has 0 aliphatic rings. The molecule has 0 aliphatic carbocycles. The number of nitrogens with zero attached hydrogens (tertiary/aromatic N) is 4. The number of hydrogen-bond acceptors (Lipinski definition) is 4. The van der Waals surface area contributed by atoms with E-state index in [4.69, 9.17) is 0 Å². The van der Waals surface area contributed by atoms with Gasteiger partial charge in [0, 0.05) is 11.8 Å². The van der Waals surface area contributed by atoms with Crippen LogP contribution < -0.4 is 5.56 Å². The van der Waals surface area contributed by atoms with Gasteiger partial charge in [0.15, 0.2) is 5.16 Å². The molecule has 2 aromatic carbocycles. The van der Waals surface area contributed by atoms with Crippen LogP contribution in [-0.2, 0) is 6.54 Å². The maximum Gasteiger partial charge on any atom is 0.262 e. The molecule has 144 valence electrons. The van der Waals surface area contributed by atoms with Crippen molar-refractivity contribution in [3.05, 3.63) is 70.3 Å². The van der Waals surface area contributed by atoms with E-state index in [1.54, 1.807) is 10.6 Å². The van der Waals surface area contributed by atoms with Crippen LogP contribution >= 0.6 is 11.8 Å². The number of para-hydroxylation sites is 1. The summed E-state index contributed by atoms with van der Waals surface area (Å²) >= 11 is 1.50. The van der Waals surface area contributed by atoms with Gasteiger partial charge in [0.2, 0.25) is 5.78 Å². The van der Waals surface area contributed by atoms with E-state index in [1.807, 2.05) is 41.7 Å². The Hall–Kier alpha value is -2.67. The largest absolute Gasteiger partial charge is 0.276 e. The van der Waals surface area contributed by atoms with Crippen molar-refractivity contribution < 1.29 is 4.39 Å². The van der Waals surface area contributed by atoms with E-state index in [1.165, 1.54) is 23.9 Å². The molecule has 0 spiro atoms. The summed E-state index contributed by atoms with van der Waals surface area (Å²) in [6, 6.07) is 14.1. The van der Waals surface area contributed by atoms with Crippen LogP contribution in [0.25, 0.3) is 16.7 Å². The summed E-state index contributed by atoms with van der Waals surface area (Å²) in [7, 11) is 0. The second-order valence-corrected chi connectivity index (χ2v) is 8.07. The number of unbranched alkanes of at least 4 members (excludes halogenated alkanes) is 1. The summed E-state index contributed by atoms with van der Waals surface area (Å²) in [4.78, 5) is 13.0. The summed E-state index contributed by atoms with van der Waals surface area (Å²) in [5.74, 6) is 0.293. The summed E-state index contributed by atoms with van der Waals surface area (Å²) < 4.78 is 17.2. The summed E-state index contributed by atoms with van der Waals surface area (Å²) in [6.07, 6.45) is 1.88. The zero-order chi connectivity index (χ0) is 19.7. The predicted molar refractivity (Wildman–Crippen MR) is 110 cm³/mol. The average molecular weight is 396 g/mol. The van der Waals surface area contributed by atoms with Crippen molar-refractivity contribution in [2.45, 2.75) is 43.6 Å². The fraction of sp³-hybridized carbons (Fsp3) is 0.286. The number of hydrogen-bond donors (Lipinski definition) is 0. The lowest BCUT2D eigenvalue weighted by molar-refractivity contribution is 0.620. The van der Waals surface area contributed by atoms with Crippen LogP contribution in [0.4, 0.5) is 4.39 Å². The SMILES string of the molecule is CCCCn1c(=O)c2ccccc2n2c(SC(C)c3cccc(F)c3)nnc12. The summed E-state index contributed by atoms with van der Waals surface area (Å²) in [5.41, 5.74) is 1.62. The number of halogens is 1. The lowest BCUT2D eigenvalue weighted by Crippen LogP contribution is -2.23. The summed E-state index contributed by atoms with van der Waals surface area (Å²) in [6.45, 7) is 4.71. The van der Waals surface area contributed by atoms with Gasteiger partial charge in [-0.15, -0.1) is 10.2 Å². The molecule has 0 fully saturated rings. The summed E-state index contributed by atoms with van der Waals surface area (Å²) in [5, 5.41) is 10.0. The number of rotatable bonds is 6. The molecule has 4 rings (SSSR count). The minimum Gasteiger partial charge on any atom is -0.276 e. The normalized spacial score (nSPS) is 12.7. The third-order valence-corrected chi connectivity index (χ3v) is 5.91. The monoisotopic (exact) mass is 396 g/mol. The third-order valence-electron chi connectivity index (χ3n) is 4.81. The molecule has 0 radical (unpaired) electrons. The molecule has 2 heterocycles. The molecule has 0 saturated heterocycles. The first-order valence-electron chi connectivity index (χ1n) is 9.39. The standard InChI is InChI=1S/C21H21FN4OS/c1-3-4-12-25-19(27)17-10-5-6-11-18(17)26-20(25)23-24-21(26)28-14(2)15-8-7-9-16(22)13-15/h5-11,13-14H,3-4,12H2,1-2H3. The van der Waals surface area contributed by atoms with Crippen molar-refractivity contribution in [1.29, 1.82) is 0 Å². The Morgan fingerprint density at radius 3 is 2.75 bits per heavy atom. The highest BCUT2D eigenvalue weighted by atomic mass is 32.2. The third kappa shape index (κ3) is 3.30. The van der Waals surface area contributed by atoms with Gasteiger partial charge in [-0.05, 0) is 43.2 Å². The van der Waals surface area contributed by atoms with Crippen molar-refractivity contribution in [1.82, 2.24) is 19.2 Å². The number of benzene rings is 2. The molecule has 4 aromatic rings. The van der Waals surface area contributed by atoms with Crippen LogP contribution in [0.2, 0.25) is 0 Å². The van der Waals surface area contributed by atoms with E-state index in [0.717, 1.165) is 23.9 Å². The fourth-order valence-electron chi connectivity index (χ4n) is 3.31. The highest BCUT2D eigenvalue weighted by Gasteiger charge is 2.19. The van der Waals surface area contributed by atoms with Gasteiger partial charge in [0.05, 0.1) is 10.9 Å². The average Bonchev–Trinajstić information content (AvgIpc) is 3.11. The van der Waals surface area contributed by atoms with Gasteiger partial charge in [-0.2, -0.15) is 0 Å². The molecule has 0 aliphatic heterocycles. The second-order valence-electron chi connectivity index (χ2n) is 6.76. The predicted octanol–water partition coefficient (Wildman–Crippen LogP) is 4.84. The van der Waals surface area contributed by atoms with Crippen LogP contribution in [0, 0.1) is 5.82 Å². The Kier molecular flexibility index (Phi) is 5.17. The molecule has 5 nitrogen and oxygen atoms in total. The zero-order valence-electron chi connectivity index (χ0n) is 15.8. The maximum absolute atomic E-state index is 13.6. The lowest BCUT2D eigenvalue weighted by atomic mass is 10.2. The van der Waals surface area contributed by atoms with E-state index >= 15 is 0 Å². The van der Waals surface area contributed by atoms with E-state index in [2.05, 4.69) is 17.1 Å². The van der Waals surface area contributed by atoms with Crippen molar-refractivity contribution in [2.75, 3.05) is 0 Å². The van der Waals surface area contributed by atoms with Crippen LogP contribution in [-0.4, -0.2) is 19.2 Å². The van der Waals surface area contributed by atoms with Gasteiger partial charge >= 0.3 is 0 Å². The number of aryl methyl sites for hydroxylation is 1. The second kappa shape index (κ2) is 7.75. The molecule has 1 atom stereocenters.